The zero-order valence-corrected chi connectivity index (χ0v) is 23.3. The van der Waals surface area contributed by atoms with Gasteiger partial charge in [-0.2, -0.15) is 0 Å². The number of likely N-dealkylation sites (tertiary alicyclic amines) is 1. The minimum atomic E-state index is -1.36. The Kier molecular flexibility index (Phi) is 11.9. The van der Waals surface area contributed by atoms with Crippen LogP contribution in [0.3, 0.4) is 0 Å². The van der Waals surface area contributed by atoms with Gasteiger partial charge in [0.15, 0.2) is 0 Å². The number of aliphatic carboxylic acids is 1. The molecule has 1 aromatic rings. The third kappa shape index (κ3) is 9.05. The number of carbonyl (C=O) groups is 5. The van der Waals surface area contributed by atoms with Gasteiger partial charge in [0.1, 0.15) is 24.3 Å². The molecule has 1 fully saturated rings. The maximum absolute atomic E-state index is 13.5. The lowest BCUT2D eigenvalue weighted by atomic mass is 9.99. The normalized spacial score (nSPS) is 20.0. The number of carbonyl (C=O) groups excluding carboxylic acids is 4. The van der Waals surface area contributed by atoms with E-state index in [4.69, 9.17) is 15.2 Å². The molecule has 39 heavy (non-hydrogen) atoms. The molecule has 0 aromatic heterocycles. The molecule has 0 unspecified atom stereocenters. The molecule has 4 N–H and O–H groups in total. The zero-order chi connectivity index (χ0) is 29.3. The molecule has 216 valence electrons. The van der Waals surface area contributed by atoms with Crippen molar-refractivity contribution >= 4 is 29.7 Å². The molecule has 6 atom stereocenters. The summed E-state index contributed by atoms with van der Waals surface area (Å²) in [5.74, 6) is -4.11. The lowest BCUT2D eigenvalue weighted by Crippen LogP contribution is -2.56. The second-order valence-corrected chi connectivity index (χ2v) is 10.4. The van der Waals surface area contributed by atoms with Gasteiger partial charge >= 0.3 is 17.9 Å². The lowest BCUT2D eigenvalue weighted by Gasteiger charge is -2.35. The van der Waals surface area contributed by atoms with Crippen molar-refractivity contribution in [3.63, 3.8) is 0 Å². The monoisotopic (exact) mass is 547 g/mol. The highest BCUT2D eigenvalue weighted by Crippen LogP contribution is 2.29. The predicted molar refractivity (Wildman–Crippen MR) is 142 cm³/mol. The Morgan fingerprint density at radius 2 is 1.77 bits per heavy atom. The largest absolute Gasteiger partial charge is 0.481 e. The Labute approximate surface area is 229 Å². The average molecular weight is 548 g/mol. The molecule has 1 aromatic carbocycles. The van der Waals surface area contributed by atoms with Crippen molar-refractivity contribution in [3.05, 3.63) is 35.9 Å². The summed E-state index contributed by atoms with van der Waals surface area (Å²) in [5.41, 5.74) is 6.87. The molecular formula is C28H41N3O8. The topological polar surface area (TPSA) is 165 Å². The van der Waals surface area contributed by atoms with Crippen LogP contribution in [0.5, 0.6) is 0 Å². The molecule has 0 spiro atoms. The van der Waals surface area contributed by atoms with E-state index in [0.29, 0.717) is 6.42 Å². The first kappa shape index (κ1) is 31.7. The van der Waals surface area contributed by atoms with Crippen LogP contribution in [0.15, 0.2) is 30.3 Å². The molecular weight excluding hydrogens is 506 g/mol. The second kappa shape index (κ2) is 14.6. The number of hydrogen-bond donors (Lipinski definition) is 3. The molecule has 2 amide bonds. The van der Waals surface area contributed by atoms with E-state index < -0.39 is 60.6 Å². The van der Waals surface area contributed by atoms with Crippen LogP contribution in [-0.4, -0.2) is 76.6 Å². The quantitative estimate of drug-likeness (QED) is 0.311. The standard InChI is InChI=1S/C28H41N3O8/c1-6-17(4)26(35)30-20(14-19-10-8-7-9-11-19)28(37)39-22(15-23(33)34)25-21(38-18(5)32)12-13-31(25)27(36)24(29)16(2)3/h7-11,16-17,20-22,24-25H,6,12-15,29H2,1-5H3,(H,30,35)(H,33,34)/t17-,20+,21-,22+,24+,25+/m1/s1. The van der Waals surface area contributed by atoms with Crippen LogP contribution in [0, 0.1) is 11.8 Å². The fraction of sp³-hybridized carbons (Fsp3) is 0.607. The van der Waals surface area contributed by atoms with Crippen molar-refractivity contribution in [1.29, 1.82) is 0 Å². The fourth-order valence-electron chi connectivity index (χ4n) is 4.48. The van der Waals surface area contributed by atoms with Gasteiger partial charge in [-0.3, -0.25) is 19.2 Å². The molecule has 1 heterocycles. The van der Waals surface area contributed by atoms with Crippen LogP contribution in [0.2, 0.25) is 0 Å². The van der Waals surface area contributed by atoms with Crippen LogP contribution >= 0.6 is 0 Å². The van der Waals surface area contributed by atoms with Crippen LogP contribution in [0.25, 0.3) is 0 Å². The summed E-state index contributed by atoms with van der Waals surface area (Å²) in [7, 11) is 0. The van der Waals surface area contributed by atoms with Gasteiger partial charge in [0.05, 0.1) is 12.5 Å². The van der Waals surface area contributed by atoms with Crippen molar-refractivity contribution in [2.75, 3.05) is 6.54 Å². The molecule has 0 bridgehead atoms. The number of carboxylic acids is 1. The van der Waals surface area contributed by atoms with E-state index in [0.717, 1.165) is 5.56 Å². The minimum Gasteiger partial charge on any atom is -0.481 e. The number of benzene rings is 1. The van der Waals surface area contributed by atoms with E-state index in [1.165, 1.54) is 11.8 Å². The average Bonchev–Trinajstić information content (AvgIpc) is 3.29. The van der Waals surface area contributed by atoms with E-state index in [2.05, 4.69) is 5.32 Å². The lowest BCUT2D eigenvalue weighted by molar-refractivity contribution is -0.167. The highest BCUT2D eigenvalue weighted by atomic mass is 16.6. The van der Waals surface area contributed by atoms with Gasteiger partial charge in [-0.15, -0.1) is 0 Å². The first-order valence-electron chi connectivity index (χ1n) is 13.3. The maximum Gasteiger partial charge on any atom is 0.329 e. The van der Waals surface area contributed by atoms with Crippen molar-refractivity contribution in [1.82, 2.24) is 10.2 Å². The summed E-state index contributed by atoms with van der Waals surface area (Å²) in [4.78, 5) is 64.5. The molecule has 1 saturated heterocycles. The Morgan fingerprint density at radius 1 is 1.13 bits per heavy atom. The number of esters is 2. The van der Waals surface area contributed by atoms with Crippen molar-refractivity contribution in [2.24, 2.45) is 17.6 Å². The summed E-state index contributed by atoms with van der Waals surface area (Å²) in [6, 6.07) is 5.95. The summed E-state index contributed by atoms with van der Waals surface area (Å²) in [5, 5.41) is 12.4. The van der Waals surface area contributed by atoms with Crippen LogP contribution in [-0.2, 0) is 39.9 Å². The number of nitrogens with one attached hydrogen (secondary N) is 1. The summed E-state index contributed by atoms with van der Waals surface area (Å²) in [6.07, 6.45) is -2.01. The van der Waals surface area contributed by atoms with Crippen LogP contribution < -0.4 is 11.1 Å². The van der Waals surface area contributed by atoms with Gasteiger partial charge < -0.3 is 30.5 Å². The summed E-state index contributed by atoms with van der Waals surface area (Å²) in [6.45, 7) is 8.49. The second-order valence-electron chi connectivity index (χ2n) is 10.4. The van der Waals surface area contributed by atoms with Crippen molar-refractivity contribution in [2.45, 2.75) is 90.6 Å². The van der Waals surface area contributed by atoms with Gasteiger partial charge in [0, 0.05) is 32.2 Å². The highest BCUT2D eigenvalue weighted by Gasteiger charge is 2.48. The highest BCUT2D eigenvalue weighted by molar-refractivity contribution is 5.86. The van der Waals surface area contributed by atoms with Gasteiger partial charge in [-0.25, -0.2) is 4.79 Å². The van der Waals surface area contributed by atoms with E-state index in [9.17, 15) is 29.1 Å². The first-order valence-corrected chi connectivity index (χ1v) is 13.3. The minimum absolute atomic E-state index is 0.112. The summed E-state index contributed by atoms with van der Waals surface area (Å²) < 4.78 is 11.2. The molecule has 11 heteroatoms. The smallest absolute Gasteiger partial charge is 0.329 e. The van der Waals surface area contributed by atoms with Crippen molar-refractivity contribution < 1.29 is 38.6 Å². The van der Waals surface area contributed by atoms with Crippen molar-refractivity contribution in [3.8, 4) is 0 Å². The molecule has 0 radical (unpaired) electrons. The number of nitrogens with two attached hydrogens (primary N) is 1. The molecule has 0 saturated carbocycles. The number of rotatable bonds is 13. The molecule has 1 aliphatic rings. The number of ether oxygens (including phenoxy) is 2. The molecule has 1 aliphatic heterocycles. The Hall–Kier alpha value is -3.47. The SMILES string of the molecule is CC[C@@H](C)C(=O)N[C@@H](Cc1ccccc1)C(=O)O[C@@H](CC(=O)O)[C@@H]1[C@H](OC(C)=O)CCN1C(=O)[C@@H](N)C(C)C. The Bertz CT molecular complexity index is 1020. The number of carboxylic acid groups (broad SMARTS) is 1. The van der Waals surface area contributed by atoms with E-state index in [1.807, 2.05) is 13.0 Å². The molecule has 2 rings (SSSR count). The predicted octanol–water partition coefficient (Wildman–Crippen LogP) is 1.66. The van der Waals surface area contributed by atoms with E-state index in [-0.39, 0.29) is 37.1 Å². The number of amides is 2. The van der Waals surface area contributed by atoms with Gasteiger partial charge in [0.2, 0.25) is 11.8 Å². The first-order chi connectivity index (χ1) is 18.3. The number of nitrogens with zero attached hydrogens (tertiary/aromatic N) is 1. The van der Waals surface area contributed by atoms with Crippen LogP contribution in [0.4, 0.5) is 0 Å². The van der Waals surface area contributed by atoms with E-state index >= 15 is 0 Å². The summed E-state index contributed by atoms with van der Waals surface area (Å²) >= 11 is 0. The van der Waals surface area contributed by atoms with Gasteiger partial charge in [-0.1, -0.05) is 58.0 Å². The Morgan fingerprint density at radius 3 is 2.31 bits per heavy atom. The molecule has 11 nitrogen and oxygen atoms in total. The third-order valence-corrected chi connectivity index (χ3v) is 6.97. The van der Waals surface area contributed by atoms with Crippen LogP contribution in [0.1, 0.15) is 59.4 Å². The zero-order valence-electron chi connectivity index (χ0n) is 23.3. The molecule has 0 aliphatic carbocycles. The Balaban J connectivity index is 2.42. The third-order valence-electron chi connectivity index (χ3n) is 6.97. The fourth-order valence-corrected chi connectivity index (χ4v) is 4.48. The number of hydrogen-bond acceptors (Lipinski definition) is 8. The van der Waals surface area contributed by atoms with Gasteiger partial charge in [-0.05, 0) is 17.9 Å². The van der Waals surface area contributed by atoms with E-state index in [1.54, 1.807) is 45.0 Å². The van der Waals surface area contributed by atoms with Gasteiger partial charge in [0.25, 0.3) is 0 Å². The maximum atomic E-state index is 13.5.